The lowest BCUT2D eigenvalue weighted by molar-refractivity contribution is 0.185. The normalized spacial score (nSPS) is 10.5. The molecule has 2 rings (SSSR count). The highest BCUT2D eigenvalue weighted by molar-refractivity contribution is 9.10. The van der Waals surface area contributed by atoms with Crippen LogP contribution in [0.4, 0.5) is 5.69 Å². The van der Waals surface area contributed by atoms with Crippen molar-refractivity contribution in [1.82, 2.24) is 4.98 Å². The molecule has 0 spiro atoms. The Hall–Kier alpha value is -1.33. The number of rotatable bonds is 5. The molecule has 0 aliphatic heterocycles. The summed E-state index contributed by atoms with van der Waals surface area (Å²) in [7, 11) is 1.68. The van der Waals surface area contributed by atoms with Gasteiger partial charge < -0.3 is 14.5 Å². The van der Waals surface area contributed by atoms with Gasteiger partial charge in [-0.25, -0.2) is 4.98 Å². The number of nitrogens with one attached hydrogen (secondary N) is 1. The van der Waals surface area contributed by atoms with E-state index in [9.17, 15) is 0 Å². The molecule has 0 atom stereocenters. The van der Waals surface area contributed by atoms with Gasteiger partial charge in [-0.1, -0.05) is 22.0 Å². The highest BCUT2D eigenvalue weighted by Gasteiger charge is 2.06. The van der Waals surface area contributed by atoms with E-state index in [1.54, 1.807) is 13.3 Å². The van der Waals surface area contributed by atoms with E-state index in [0.29, 0.717) is 13.2 Å². The Morgan fingerprint density at radius 3 is 3.06 bits per heavy atom. The summed E-state index contributed by atoms with van der Waals surface area (Å²) >= 11 is 3.51. The standard InChI is InChI=1S/C12H13BrN2O2/c1-16-7-10-11(13)3-2-4-12(10)15-6-9-5-14-8-17-9/h2-5,8,15H,6-7H2,1H3. The number of anilines is 1. The molecule has 1 aromatic heterocycles. The van der Waals surface area contributed by atoms with Crippen molar-refractivity contribution in [3.63, 3.8) is 0 Å². The van der Waals surface area contributed by atoms with Gasteiger partial charge in [-0.15, -0.1) is 0 Å². The lowest BCUT2D eigenvalue weighted by Gasteiger charge is -2.12. The molecule has 2 aromatic rings. The molecule has 0 fully saturated rings. The van der Waals surface area contributed by atoms with Crippen molar-refractivity contribution in [2.45, 2.75) is 13.2 Å². The molecule has 0 amide bonds. The second-order valence-electron chi connectivity index (χ2n) is 3.52. The van der Waals surface area contributed by atoms with Gasteiger partial charge in [-0.3, -0.25) is 0 Å². The average molecular weight is 297 g/mol. The third-order valence-electron chi connectivity index (χ3n) is 2.34. The van der Waals surface area contributed by atoms with Gasteiger partial charge in [0.1, 0.15) is 5.76 Å². The van der Waals surface area contributed by atoms with Gasteiger partial charge in [0, 0.05) is 22.8 Å². The van der Waals surface area contributed by atoms with E-state index in [-0.39, 0.29) is 0 Å². The van der Waals surface area contributed by atoms with Crippen LogP contribution in [0.5, 0.6) is 0 Å². The molecule has 0 aliphatic carbocycles. The molecule has 90 valence electrons. The number of ether oxygens (including phenoxy) is 1. The van der Waals surface area contributed by atoms with Crippen LogP contribution in [0.1, 0.15) is 11.3 Å². The summed E-state index contributed by atoms with van der Waals surface area (Å²) in [6.07, 6.45) is 3.12. The predicted molar refractivity (Wildman–Crippen MR) is 68.7 cm³/mol. The van der Waals surface area contributed by atoms with Crippen LogP contribution >= 0.6 is 15.9 Å². The van der Waals surface area contributed by atoms with E-state index < -0.39 is 0 Å². The van der Waals surface area contributed by atoms with Gasteiger partial charge in [0.25, 0.3) is 0 Å². The van der Waals surface area contributed by atoms with Crippen molar-refractivity contribution in [2.75, 3.05) is 12.4 Å². The molecule has 0 radical (unpaired) electrons. The van der Waals surface area contributed by atoms with Crippen LogP contribution < -0.4 is 5.32 Å². The Kier molecular flexibility index (Phi) is 4.17. The lowest BCUT2D eigenvalue weighted by Crippen LogP contribution is -2.03. The van der Waals surface area contributed by atoms with E-state index in [4.69, 9.17) is 9.15 Å². The van der Waals surface area contributed by atoms with Crippen molar-refractivity contribution < 1.29 is 9.15 Å². The number of methoxy groups -OCH3 is 1. The zero-order valence-corrected chi connectivity index (χ0v) is 11.0. The van der Waals surface area contributed by atoms with Crippen LogP contribution in [0.25, 0.3) is 0 Å². The van der Waals surface area contributed by atoms with E-state index in [2.05, 4.69) is 26.2 Å². The van der Waals surface area contributed by atoms with Gasteiger partial charge in [-0.2, -0.15) is 0 Å². The molecule has 0 bridgehead atoms. The summed E-state index contributed by atoms with van der Waals surface area (Å²) in [6, 6.07) is 5.98. The van der Waals surface area contributed by atoms with Crippen molar-refractivity contribution in [3.05, 3.63) is 46.6 Å². The van der Waals surface area contributed by atoms with E-state index in [1.165, 1.54) is 6.39 Å². The number of halogens is 1. The van der Waals surface area contributed by atoms with Gasteiger partial charge >= 0.3 is 0 Å². The lowest BCUT2D eigenvalue weighted by atomic mass is 10.2. The fraction of sp³-hybridized carbons (Fsp3) is 0.250. The average Bonchev–Trinajstić information content (AvgIpc) is 2.83. The molecule has 5 heteroatoms. The van der Waals surface area contributed by atoms with Gasteiger partial charge in [-0.05, 0) is 12.1 Å². The SMILES string of the molecule is COCc1c(Br)cccc1NCc1cnco1. The van der Waals surface area contributed by atoms with Crippen LogP contribution in [-0.2, 0) is 17.9 Å². The molecule has 1 aromatic carbocycles. The first-order valence-electron chi connectivity index (χ1n) is 5.19. The second kappa shape index (κ2) is 5.84. The first-order chi connectivity index (χ1) is 8.31. The van der Waals surface area contributed by atoms with Crippen LogP contribution in [0.15, 0.2) is 39.7 Å². The Bertz CT molecular complexity index is 471. The highest BCUT2D eigenvalue weighted by atomic mass is 79.9. The molecule has 0 saturated heterocycles. The number of nitrogens with zero attached hydrogens (tertiary/aromatic N) is 1. The largest absolute Gasteiger partial charge is 0.447 e. The first-order valence-corrected chi connectivity index (χ1v) is 5.98. The minimum atomic E-state index is 0.556. The molecule has 1 N–H and O–H groups in total. The van der Waals surface area contributed by atoms with Crippen molar-refractivity contribution in [3.8, 4) is 0 Å². The number of aromatic nitrogens is 1. The third kappa shape index (κ3) is 3.08. The first kappa shape index (κ1) is 12.1. The van der Waals surface area contributed by atoms with Crippen LogP contribution in [-0.4, -0.2) is 12.1 Å². The molecule has 0 aliphatic rings. The number of benzene rings is 1. The maximum absolute atomic E-state index is 5.18. The summed E-state index contributed by atoms with van der Waals surface area (Å²) in [5.41, 5.74) is 2.12. The van der Waals surface area contributed by atoms with E-state index in [1.807, 2.05) is 18.2 Å². The van der Waals surface area contributed by atoms with Crippen LogP contribution in [0.2, 0.25) is 0 Å². The van der Waals surface area contributed by atoms with Gasteiger partial charge in [0.2, 0.25) is 0 Å². The molecular formula is C12H13BrN2O2. The van der Waals surface area contributed by atoms with Crippen molar-refractivity contribution >= 4 is 21.6 Å². The summed E-state index contributed by atoms with van der Waals surface area (Å²) in [5, 5.41) is 3.30. The maximum atomic E-state index is 5.18. The fourth-order valence-electron chi connectivity index (χ4n) is 1.53. The fourth-order valence-corrected chi connectivity index (χ4v) is 2.01. The van der Waals surface area contributed by atoms with Crippen molar-refractivity contribution in [2.24, 2.45) is 0 Å². The Morgan fingerprint density at radius 1 is 1.47 bits per heavy atom. The highest BCUT2D eigenvalue weighted by Crippen LogP contribution is 2.25. The Balaban J connectivity index is 2.11. The predicted octanol–water partition coefficient (Wildman–Crippen LogP) is 3.20. The smallest absolute Gasteiger partial charge is 0.180 e. The monoisotopic (exact) mass is 296 g/mol. The summed E-state index contributed by atoms with van der Waals surface area (Å²) in [6.45, 7) is 1.16. The van der Waals surface area contributed by atoms with Crippen LogP contribution in [0, 0.1) is 0 Å². The van der Waals surface area contributed by atoms with E-state index >= 15 is 0 Å². The Morgan fingerprint density at radius 2 is 2.35 bits per heavy atom. The van der Waals surface area contributed by atoms with Gasteiger partial charge in [0.05, 0.1) is 19.3 Å². The summed E-state index contributed by atoms with van der Waals surface area (Å²) in [4.78, 5) is 3.87. The number of hydrogen-bond acceptors (Lipinski definition) is 4. The minimum absolute atomic E-state index is 0.556. The Labute approximate surface area is 108 Å². The molecule has 0 saturated carbocycles. The molecule has 17 heavy (non-hydrogen) atoms. The maximum Gasteiger partial charge on any atom is 0.180 e. The summed E-state index contributed by atoms with van der Waals surface area (Å²) in [5.74, 6) is 0.799. The minimum Gasteiger partial charge on any atom is -0.447 e. The molecule has 0 unspecified atom stereocenters. The topological polar surface area (TPSA) is 47.3 Å². The van der Waals surface area contributed by atoms with Crippen LogP contribution in [0.3, 0.4) is 0 Å². The zero-order chi connectivity index (χ0) is 12.1. The zero-order valence-electron chi connectivity index (χ0n) is 9.44. The quantitative estimate of drug-likeness (QED) is 0.920. The number of hydrogen-bond donors (Lipinski definition) is 1. The number of oxazole rings is 1. The third-order valence-corrected chi connectivity index (χ3v) is 3.09. The molecule has 4 nitrogen and oxygen atoms in total. The summed E-state index contributed by atoms with van der Waals surface area (Å²) < 4.78 is 11.4. The van der Waals surface area contributed by atoms with Gasteiger partial charge in [0.15, 0.2) is 6.39 Å². The van der Waals surface area contributed by atoms with E-state index in [0.717, 1.165) is 21.5 Å². The molecular weight excluding hydrogens is 284 g/mol. The second-order valence-corrected chi connectivity index (χ2v) is 4.37. The van der Waals surface area contributed by atoms with Crippen molar-refractivity contribution in [1.29, 1.82) is 0 Å². The molecule has 1 heterocycles.